The zero-order valence-corrected chi connectivity index (χ0v) is 18.0. The maximum Gasteiger partial charge on any atom is 0.410 e. The molecule has 0 aliphatic carbocycles. The van der Waals surface area contributed by atoms with Crippen LogP contribution in [0.2, 0.25) is 0 Å². The molecule has 5 heterocycles. The van der Waals surface area contributed by atoms with Gasteiger partial charge in [-0.05, 0) is 17.7 Å². The summed E-state index contributed by atoms with van der Waals surface area (Å²) in [6.45, 7) is 0. The van der Waals surface area contributed by atoms with Gasteiger partial charge in [-0.15, -0.1) is 5.10 Å². The maximum atomic E-state index is 14.0. The van der Waals surface area contributed by atoms with Crippen molar-refractivity contribution in [3.05, 3.63) is 48.5 Å². The van der Waals surface area contributed by atoms with Crippen molar-refractivity contribution < 1.29 is 17.9 Å². The Bertz CT molecular complexity index is 1520. The minimum Gasteiger partial charge on any atom is -0.497 e. The van der Waals surface area contributed by atoms with Crippen molar-refractivity contribution in [3.8, 4) is 17.1 Å². The van der Waals surface area contributed by atoms with Gasteiger partial charge in [-0.25, -0.2) is 19.2 Å². The van der Waals surface area contributed by atoms with Gasteiger partial charge in [0.05, 0.1) is 36.5 Å². The van der Waals surface area contributed by atoms with Gasteiger partial charge in [-0.2, -0.15) is 23.4 Å². The maximum absolute atomic E-state index is 14.0. The van der Waals surface area contributed by atoms with Crippen LogP contribution in [0.15, 0.2) is 43.0 Å². The lowest BCUT2D eigenvalue weighted by Crippen LogP contribution is -2.35. The first-order valence-corrected chi connectivity index (χ1v) is 10.4. The third kappa shape index (κ3) is 3.07. The van der Waals surface area contributed by atoms with Crippen LogP contribution in [0.3, 0.4) is 0 Å². The van der Waals surface area contributed by atoms with E-state index in [2.05, 4.69) is 30.6 Å². The number of anilines is 1. The number of hydrogen-bond donors (Lipinski definition) is 1. The van der Waals surface area contributed by atoms with Gasteiger partial charge in [0, 0.05) is 13.5 Å². The van der Waals surface area contributed by atoms with Crippen molar-refractivity contribution in [2.24, 2.45) is 7.05 Å². The van der Waals surface area contributed by atoms with E-state index in [0.717, 1.165) is 4.68 Å². The number of alkyl halides is 3. The summed E-state index contributed by atoms with van der Waals surface area (Å²) in [5, 5.41) is 16.6. The molecule has 34 heavy (non-hydrogen) atoms. The average Bonchev–Trinajstić information content (AvgIpc) is 3.53. The number of fused-ring (bicyclic) bond motifs is 4. The fraction of sp³-hybridized carbons (Fsp3) is 0.286. The fourth-order valence-electron chi connectivity index (χ4n) is 4.33. The summed E-state index contributed by atoms with van der Waals surface area (Å²) in [4.78, 5) is 8.91. The molecule has 2 atom stereocenters. The van der Waals surface area contributed by atoms with Gasteiger partial charge in [0.25, 0.3) is 0 Å². The molecule has 0 amide bonds. The average molecular weight is 469 g/mol. The van der Waals surface area contributed by atoms with Gasteiger partial charge >= 0.3 is 6.18 Å². The summed E-state index contributed by atoms with van der Waals surface area (Å²) in [5.41, 5.74) is 2.20. The highest BCUT2D eigenvalue weighted by atomic mass is 19.4. The van der Waals surface area contributed by atoms with Crippen molar-refractivity contribution >= 4 is 22.5 Å². The van der Waals surface area contributed by atoms with Gasteiger partial charge in [-0.3, -0.25) is 4.68 Å². The first kappa shape index (κ1) is 20.4. The van der Waals surface area contributed by atoms with E-state index in [1.54, 1.807) is 42.2 Å². The Morgan fingerprint density at radius 3 is 2.62 bits per heavy atom. The monoisotopic (exact) mass is 469 g/mol. The third-order valence-corrected chi connectivity index (χ3v) is 6.07. The first-order valence-electron chi connectivity index (χ1n) is 10.4. The molecule has 0 bridgehead atoms. The SMILES string of the molecule is COc1ccc([C@H]2C[C@@H](C(F)(F)F)n3ncc(-c4nc5c6cnn(C)c6ncn5n4)c3N2)cc1. The van der Waals surface area contributed by atoms with Gasteiger partial charge in [0.1, 0.15) is 17.9 Å². The fourth-order valence-corrected chi connectivity index (χ4v) is 4.33. The van der Waals surface area contributed by atoms with E-state index in [1.807, 2.05) is 0 Å². The molecule has 1 N–H and O–H groups in total. The molecule has 1 aliphatic heterocycles. The van der Waals surface area contributed by atoms with Gasteiger partial charge in [-0.1, -0.05) is 12.1 Å². The predicted octanol–water partition coefficient (Wildman–Crippen LogP) is 3.54. The molecular formula is C21H18F3N9O. The van der Waals surface area contributed by atoms with E-state index < -0.39 is 18.3 Å². The second-order valence-corrected chi connectivity index (χ2v) is 8.07. The molecule has 5 aromatic rings. The molecule has 4 aromatic heterocycles. The van der Waals surface area contributed by atoms with Crippen LogP contribution in [0.25, 0.3) is 28.1 Å². The van der Waals surface area contributed by atoms with Crippen LogP contribution in [-0.2, 0) is 7.05 Å². The lowest BCUT2D eigenvalue weighted by Gasteiger charge is -2.34. The van der Waals surface area contributed by atoms with Gasteiger partial charge < -0.3 is 10.1 Å². The Balaban J connectivity index is 1.46. The van der Waals surface area contributed by atoms with E-state index in [9.17, 15) is 13.2 Å². The number of hydrogen-bond acceptors (Lipinski definition) is 7. The minimum absolute atomic E-state index is 0.206. The van der Waals surface area contributed by atoms with Crippen LogP contribution < -0.4 is 10.1 Å². The molecule has 0 saturated heterocycles. The van der Waals surface area contributed by atoms with E-state index in [-0.39, 0.29) is 18.1 Å². The Labute approximate surface area is 190 Å². The molecule has 0 fully saturated rings. The predicted molar refractivity (Wildman–Crippen MR) is 115 cm³/mol. The number of aromatic nitrogens is 8. The standard InChI is InChI=1S/C21H18F3N9O/c1-31-18-14(9-26-31)19-29-17(30-32(19)10-25-18)13-8-27-33-16(21(22,23)24)7-15(28-20(13)33)11-3-5-12(34-2)6-4-11/h3-6,8-10,15-16,28H,7H2,1-2H3/t15-,16+/m1/s1. The molecule has 174 valence electrons. The Hall–Kier alpha value is -4.16. The normalized spacial score (nSPS) is 18.3. The summed E-state index contributed by atoms with van der Waals surface area (Å²) in [6, 6.07) is 4.56. The molecule has 0 spiro atoms. The van der Waals surface area contributed by atoms with E-state index in [1.165, 1.54) is 24.1 Å². The highest BCUT2D eigenvalue weighted by molar-refractivity contribution is 5.89. The second-order valence-electron chi connectivity index (χ2n) is 8.07. The lowest BCUT2D eigenvalue weighted by atomic mass is 9.96. The largest absolute Gasteiger partial charge is 0.497 e. The molecule has 6 rings (SSSR count). The van der Waals surface area contributed by atoms with Crippen LogP contribution in [0.4, 0.5) is 19.0 Å². The number of methoxy groups -OCH3 is 1. The Morgan fingerprint density at radius 2 is 1.88 bits per heavy atom. The summed E-state index contributed by atoms with van der Waals surface area (Å²) in [6.07, 6.45) is -0.203. The smallest absolute Gasteiger partial charge is 0.410 e. The number of nitrogens with one attached hydrogen (secondary N) is 1. The van der Waals surface area contributed by atoms with Crippen LogP contribution >= 0.6 is 0 Å². The molecule has 0 radical (unpaired) electrons. The number of halogens is 3. The van der Waals surface area contributed by atoms with Gasteiger partial charge in [0.15, 0.2) is 23.2 Å². The Kier molecular flexibility index (Phi) is 4.31. The number of nitrogens with zero attached hydrogens (tertiary/aromatic N) is 8. The molecule has 13 heteroatoms. The zero-order valence-electron chi connectivity index (χ0n) is 18.0. The quantitative estimate of drug-likeness (QED) is 0.431. The zero-order chi connectivity index (χ0) is 23.6. The summed E-state index contributed by atoms with van der Waals surface area (Å²) in [5.74, 6) is 1.07. The number of rotatable bonds is 3. The van der Waals surface area contributed by atoms with E-state index in [0.29, 0.717) is 33.6 Å². The molecule has 10 nitrogen and oxygen atoms in total. The van der Waals surface area contributed by atoms with Crippen LogP contribution in [-0.4, -0.2) is 52.4 Å². The van der Waals surface area contributed by atoms with Crippen LogP contribution in [0, 0.1) is 0 Å². The number of aryl methyl sites for hydroxylation is 1. The first-order chi connectivity index (χ1) is 16.3. The molecule has 0 saturated carbocycles. The van der Waals surface area contributed by atoms with Crippen molar-refractivity contribution in [2.45, 2.75) is 24.7 Å². The molecule has 0 unspecified atom stereocenters. The van der Waals surface area contributed by atoms with E-state index >= 15 is 0 Å². The number of ether oxygens (including phenoxy) is 1. The minimum atomic E-state index is -4.48. The van der Waals surface area contributed by atoms with Crippen molar-refractivity contribution in [3.63, 3.8) is 0 Å². The number of benzene rings is 1. The lowest BCUT2D eigenvalue weighted by molar-refractivity contribution is -0.173. The van der Waals surface area contributed by atoms with Crippen molar-refractivity contribution in [2.75, 3.05) is 12.4 Å². The van der Waals surface area contributed by atoms with Gasteiger partial charge in [0.2, 0.25) is 0 Å². The molecule has 1 aliphatic rings. The molecular weight excluding hydrogens is 451 g/mol. The highest BCUT2D eigenvalue weighted by Gasteiger charge is 2.47. The van der Waals surface area contributed by atoms with E-state index in [4.69, 9.17) is 4.74 Å². The third-order valence-electron chi connectivity index (χ3n) is 6.07. The van der Waals surface area contributed by atoms with Crippen LogP contribution in [0.1, 0.15) is 24.1 Å². The summed E-state index contributed by atoms with van der Waals surface area (Å²) in [7, 11) is 3.30. The second kappa shape index (κ2) is 7.17. The molecule has 1 aromatic carbocycles. The Morgan fingerprint density at radius 1 is 1.09 bits per heavy atom. The van der Waals surface area contributed by atoms with Crippen LogP contribution in [0.5, 0.6) is 5.75 Å². The van der Waals surface area contributed by atoms with Crippen molar-refractivity contribution in [1.29, 1.82) is 0 Å². The summed E-state index contributed by atoms with van der Waals surface area (Å²) < 4.78 is 51.3. The highest BCUT2D eigenvalue weighted by Crippen LogP contribution is 2.46. The van der Waals surface area contributed by atoms with Crippen molar-refractivity contribution in [1.82, 2.24) is 39.1 Å². The summed E-state index contributed by atoms with van der Waals surface area (Å²) >= 11 is 0. The topological polar surface area (TPSA) is 100.0 Å².